The molecule has 3 amide bonds. The third-order valence-corrected chi connectivity index (χ3v) is 7.40. The van der Waals surface area contributed by atoms with Crippen LogP contribution >= 0.6 is 11.3 Å². The van der Waals surface area contributed by atoms with Gasteiger partial charge in [-0.05, 0) is 44.0 Å². The van der Waals surface area contributed by atoms with Gasteiger partial charge >= 0.3 is 0 Å². The predicted octanol–water partition coefficient (Wildman–Crippen LogP) is 3.25. The number of nitrogens with zero attached hydrogens (tertiary/aromatic N) is 4. The van der Waals surface area contributed by atoms with Gasteiger partial charge in [0.25, 0.3) is 5.91 Å². The molecule has 1 saturated heterocycles. The number of benzene rings is 1. The van der Waals surface area contributed by atoms with Gasteiger partial charge in [-0.1, -0.05) is 22.6 Å². The average Bonchev–Trinajstić information content (AvgIpc) is 3.52. The molecule has 1 N–H and O–H groups in total. The van der Waals surface area contributed by atoms with E-state index in [2.05, 4.69) is 15.5 Å². The van der Waals surface area contributed by atoms with Crippen LogP contribution in [0.1, 0.15) is 44.4 Å². The zero-order valence-electron chi connectivity index (χ0n) is 19.3. The van der Waals surface area contributed by atoms with Crippen LogP contribution in [-0.2, 0) is 22.6 Å². The largest absolute Gasteiger partial charge is 0.361 e. The number of fused-ring (bicyclic) bond motifs is 1. The lowest BCUT2D eigenvalue weighted by molar-refractivity contribution is -0.136. The highest BCUT2D eigenvalue weighted by Gasteiger charge is 2.38. The normalized spacial score (nSPS) is 17.7. The van der Waals surface area contributed by atoms with Gasteiger partial charge < -0.3 is 14.3 Å². The van der Waals surface area contributed by atoms with Gasteiger partial charge in [0.1, 0.15) is 5.76 Å². The van der Waals surface area contributed by atoms with Crippen LogP contribution in [0.15, 0.2) is 28.8 Å². The number of hydrogen-bond acceptors (Lipinski definition) is 7. The fourth-order valence-electron chi connectivity index (χ4n) is 4.35. The van der Waals surface area contributed by atoms with Crippen molar-refractivity contribution < 1.29 is 18.9 Å². The lowest BCUT2D eigenvalue weighted by Gasteiger charge is -2.28. The summed E-state index contributed by atoms with van der Waals surface area (Å²) in [5, 5.41) is 6.95. The molecule has 1 unspecified atom stereocenters. The topological polar surface area (TPSA) is 109 Å². The molecule has 0 aliphatic carbocycles. The van der Waals surface area contributed by atoms with Gasteiger partial charge in [0.05, 0.1) is 18.2 Å². The Labute approximate surface area is 200 Å². The van der Waals surface area contributed by atoms with E-state index in [9.17, 15) is 14.4 Å². The van der Waals surface area contributed by atoms with E-state index in [1.54, 1.807) is 22.8 Å². The molecule has 4 heterocycles. The molecule has 1 aromatic carbocycles. The lowest BCUT2D eigenvalue weighted by Crippen LogP contribution is -2.40. The molecule has 0 saturated carbocycles. The second-order valence-corrected chi connectivity index (χ2v) is 9.93. The molecule has 2 aliphatic rings. The van der Waals surface area contributed by atoms with E-state index in [0.717, 1.165) is 21.8 Å². The summed E-state index contributed by atoms with van der Waals surface area (Å²) in [6.45, 7) is 7.14. The molecule has 1 atom stereocenters. The van der Waals surface area contributed by atoms with Crippen LogP contribution in [0.2, 0.25) is 0 Å². The number of carbonyl (C=O) groups is 3. The van der Waals surface area contributed by atoms with Crippen LogP contribution in [-0.4, -0.2) is 45.9 Å². The summed E-state index contributed by atoms with van der Waals surface area (Å²) in [6.07, 6.45) is 0.828. The fraction of sp³-hybridized carbons (Fsp3) is 0.375. The van der Waals surface area contributed by atoms with Crippen molar-refractivity contribution in [1.29, 1.82) is 0 Å². The van der Waals surface area contributed by atoms with Crippen molar-refractivity contribution in [2.45, 2.75) is 40.2 Å². The minimum atomic E-state index is -0.383. The summed E-state index contributed by atoms with van der Waals surface area (Å²) in [5.41, 5.74) is 4.22. The van der Waals surface area contributed by atoms with Crippen molar-refractivity contribution >= 4 is 39.9 Å². The number of nitrogens with one attached hydrogen (secondary N) is 1. The minimum Gasteiger partial charge on any atom is -0.361 e. The molecule has 5 rings (SSSR count). The number of aromatic nitrogens is 2. The van der Waals surface area contributed by atoms with Gasteiger partial charge in [-0.2, -0.15) is 0 Å². The zero-order chi connectivity index (χ0) is 24.0. The number of rotatable bonds is 4. The van der Waals surface area contributed by atoms with Crippen LogP contribution in [0.25, 0.3) is 0 Å². The molecule has 1 fully saturated rings. The molecule has 9 nitrogen and oxygen atoms in total. The van der Waals surface area contributed by atoms with E-state index in [0.29, 0.717) is 36.9 Å². The van der Waals surface area contributed by atoms with E-state index < -0.39 is 0 Å². The summed E-state index contributed by atoms with van der Waals surface area (Å²) in [6, 6.07) is 7.51. The quantitative estimate of drug-likeness (QED) is 0.615. The van der Waals surface area contributed by atoms with Crippen molar-refractivity contribution in [2.75, 3.05) is 23.3 Å². The van der Waals surface area contributed by atoms with Crippen LogP contribution in [0.3, 0.4) is 0 Å². The highest BCUT2D eigenvalue weighted by Crippen LogP contribution is 2.32. The maximum absolute atomic E-state index is 13.3. The fourth-order valence-corrected chi connectivity index (χ4v) is 5.36. The van der Waals surface area contributed by atoms with Crippen LogP contribution < -0.4 is 10.2 Å². The van der Waals surface area contributed by atoms with Crippen molar-refractivity contribution in [2.24, 2.45) is 5.92 Å². The Bertz CT molecular complexity index is 1300. The molecule has 0 radical (unpaired) electrons. The Kier molecular flexibility index (Phi) is 5.68. The van der Waals surface area contributed by atoms with E-state index in [-0.39, 0.29) is 35.8 Å². The van der Waals surface area contributed by atoms with Crippen LogP contribution in [0, 0.1) is 26.7 Å². The highest BCUT2D eigenvalue weighted by molar-refractivity contribution is 7.15. The first-order chi connectivity index (χ1) is 16.3. The maximum atomic E-state index is 13.3. The second-order valence-electron chi connectivity index (χ2n) is 8.85. The summed E-state index contributed by atoms with van der Waals surface area (Å²) < 4.78 is 4.95. The number of hydrogen-bond donors (Lipinski definition) is 1. The second kappa shape index (κ2) is 8.68. The Morgan fingerprint density at radius 1 is 1.18 bits per heavy atom. The predicted molar refractivity (Wildman–Crippen MR) is 127 cm³/mol. The summed E-state index contributed by atoms with van der Waals surface area (Å²) in [7, 11) is 0. The van der Waals surface area contributed by atoms with Gasteiger partial charge in [0, 0.05) is 42.6 Å². The van der Waals surface area contributed by atoms with Gasteiger partial charge in [0.15, 0.2) is 10.8 Å². The highest BCUT2D eigenvalue weighted by atomic mass is 32.1. The standard InChI is InChI=1S/C24H25N5O4S/c1-13-4-5-17(8-14(13)2)29-11-16(10-21(29)30)23(32)28-7-6-18-20(12-28)34-24(25-18)26-22(31)19-9-15(3)33-27-19/h4-5,8-9,16H,6-7,10-12H2,1-3H3,(H,25,26,31). The average molecular weight is 480 g/mol. The van der Waals surface area contributed by atoms with Gasteiger partial charge in [0.2, 0.25) is 11.8 Å². The molecule has 0 bridgehead atoms. The molecule has 10 heteroatoms. The van der Waals surface area contributed by atoms with Crippen LogP contribution in [0.4, 0.5) is 10.8 Å². The smallest absolute Gasteiger partial charge is 0.279 e. The monoisotopic (exact) mass is 479 g/mol. The zero-order valence-corrected chi connectivity index (χ0v) is 20.1. The summed E-state index contributed by atoms with van der Waals surface area (Å²) in [4.78, 5) is 47.3. The Morgan fingerprint density at radius 3 is 2.74 bits per heavy atom. The number of thiazole rings is 1. The first-order valence-electron chi connectivity index (χ1n) is 11.2. The van der Waals surface area contributed by atoms with E-state index in [1.165, 1.54) is 16.9 Å². The molecule has 0 spiro atoms. The van der Waals surface area contributed by atoms with E-state index in [4.69, 9.17) is 4.52 Å². The molecule has 176 valence electrons. The van der Waals surface area contributed by atoms with Crippen molar-refractivity contribution in [1.82, 2.24) is 15.0 Å². The molecule has 3 aromatic rings. The molecule has 2 aromatic heterocycles. The van der Waals surface area contributed by atoms with Crippen molar-refractivity contribution in [3.05, 3.63) is 57.4 Å². The number of amides is 3. The first kappa shape index (κ1) is 22.3. The minimum absolute atomic E-state index is 0.0117. The Hall–Kier alpha value is -3.53. The number of carbonyl (C=O) groups excluding carboxylic acids is 3. The first-order valence-corrected chi connectivity index (χ1v) is 12.0. The third-order valence-electron chi connectivity index (χ3n) is 6.40. The summed E-state index contributed by atoms with van der Waals surface area (Å²) >= 11 is 1.36. The van der Waals surface area contributed by atoms with E-state index in [1.807, 2.05) is 32.0 Å². The number of aryl methyl sites for hydroxylation is 3. The van der Waals surface area contributed by atoms with E-state index >= 15 is 0 Å². The molecular formula is C24H25N5O4S. The van der Waals surface area contributed by atoms with Gasteiger partial charge in [-0.15, -0.1) is 0 Å². The maximum Gasteiger partial charge on any atom is 0.279 e. The molecular weight excluding hydrogens is 454 g/mol. The third kappa shape index (κ3) is 4.21. The molecule has 2 aliphatic heterocycles. The Morgan fingerprint density at radius 2 is 2.00 bits per heavy atom. The SMILES string of the molecule is Cc1cc(C(=O)Nc2nc3c(s2)CN(C(=O)C2CC(=O)N(c4ccc(C)c(C)c4)C2)CC3)no1. The van der Waals surface area contributed by atoms with Gasteiger partial charge in [-0.3, -0.25) is 19.7 Å². The van der Waals surface area contributed by atoms with Crippen LogP contribution in [0.5, 0.6) is 0 Å². The van der Waals surface area contributed by atoms with Crippen molar-refractivity contribution in [3.8, 4) is 0 Å². The Balaban J connectivity index is 1.24. The van der Waals surface area contributed by atoms with Crippen molar-refractivity contribution in [3.63, 3.8) is 0 Å². The summed E-state index contributed by atoms with van der Waals surface area (Å²) in [5.74, 6) is -0.225. The number of anilines is 2. The van der Waals surface area contributed by atoms with Gasteiger partial charge in [-0.25, -0.2) is 4.98 Å². The lowest BCUT2D eigenvalue weighted by atomic mass is 10.1. The molecule has 34 heavy (non-hydrogen) atoms.